The van der Waals surface area contributed by atoms with E-state index < -0.39 is 11.7 Å². The van der Waals surface area contributed by atoms with Gasteiger partial charge in [-0.1, -0.05) is 0 Å². The van der Waals surface area contributed by atoms with Gasteiger partial charge >= 0.3 is 0 Å². The second-order valence-electron chi connectivity index (χ2n) is 3.09. The number of nitrogens with one attached hydrogen (secondary N) is 1. The SMILES string of the molecule is Cc1cnc(NC(=O)c2ccncc2F)s1. The standard InChI is InChI=1S/C10H8FN3OS/c1-6-4-13-10(16-6)14-9(15)7-2-3-12-5-8(7)11/h2-5H,1H3,(H,13,14,15). The number of thiazole rings is 1. The zero-order valence-electron chi connectivity index (χ0n) is 8.40. The first-order chi connectivity index (χ1) is 7.66. The molecule has 0 aliphatic rings. The van der Waals surface area contributed by atoms with Crippen LogP contribution in [0.15, 0.2) is 24.7 Å². The van der Waals surface area contributed by atoms with E-state index in [9.17, 15) is 9.18 Å². The molecular formula is C10H8FN3OS. The van der Waals surface area contributed by atoms with Gasteiger partial charge in [-0.15, -0.1) is 11.3 Å². The highest BCUT2D eigenvalue weighted by molar-refractivity contribution is 7.15. The summed E-state index contributed by atoms with van der Waals surface area (Å²) in [6.07, 6.45) is 4.01. The molecule has 0 spiro atoms. The van der Waals surface area contributed by atoms with Crippen LogP contribution in [-0.4, -0.2) is 15.9 Å². The van der Waals surface area contributed by atoms with Gasteiger partial charge in [0.1, 0.15) is 0 Å². The van der Waals surface area contributed by atoms with E-state index in [1.807, 2.05) is 6.92 Å². The minimum Gasteiger partial charge on any atom is -0.298 e. The van der Waals surface area contributed by atoms with Gasteiger partial charge in [0.15, 0.2) is 10.9 Å². The fraction of sp³-hybridized carbons (Fsp3) is 0.100. The molecule has 6 heteroatoms. The van der Waals surface area contributed by atoms with Gasteiger partial charge in [-0.3, -0.25) is 15.1 Å². The molecule has 2 aromatic rings. The van der Waals surface area contributed by atoms with Crippen LogP contribution in [0.2, 0.25) is 0 Å². The molecule has 1 N–H and O–H groups in total. The predicted octanol–water partition coefficient (Wildman–Crippen LogP) is 2.24. The van der Waals surface area contributed by atoms with Crippen LogP contribution in [0.3, 0.4) is 0 Å². The van der Waals surface area contributed by atoms with E-state index in [0.29, 0.717) is 5.13 Å². The normalized spacial score (nSPS) is 10.1. The average Bonchev–Trinajstić information content (AvgIpc) is 2.64. The molecular weight excluding hydrogens is 229 g/mol. The zero-order chi connectivity index (χ0) is 11.5. The maximum atomic E-state index is 13.2. The summed E-state index contributed by atoms with van der Waals surface area (Å²) in [5.74, 6) is -1.16. The van der Waals surface area contributed by atoms with E-state index in [1.54, 1.807) is 6.20 Å². The molecule has 1 amide bonds. The number of nitrogens with zero attached hydrogens (tertiary/aromatic N) is 2. The first kappa shape index (κ1) is 10.7. The summed E-state index contributed by atoms with van der Waals surface area (Å²) in [4.78, 5) is 20.1. The van der Waals surface area contributed by atoms with Crippen molar-refractivity contribution in [3.63, 3.8) is 0 Å². The Hall–Kier alpha value is -1.82. The molecule has 0 saturated heterocycles. The van der Waals surface area contributed by atoms with Crippen molar-refractivity contribution in [3.8, 4) is 0 Å². The summed E-state index contributed by atoms with van der Waals surface area (Å²) in [6.45, 7) is 1.88. The average molecular weight is 237 g/mol. The summed E-state index contributed by atoms with van der Waals surface area (Å²) < 4.78 is 13.2. The third kappa shape index (κ3) is 2.22. The van der Waals surface area contributed by atoms with Gasteiger partial charge in [0, 0.05) is 17.3 Å². The third-order valence-corrected chi connectivity index (χ3v) is 2.69. The van der Waals surface area contributed by atoms with E-state index >= 15 is 0 Å². The number of aryl methyl sites for hydroxylation is 1. The highest BCUT2D eigenvalue weighted by Gasteiger charge is 2.12. The van der Waals surface area contributed by atoms with Crippen molar-refractivity contribution in [1.29, 1.82) is 0 Å². The lowest BCUT2D eigenvalue weighted by Crippen LogP contribution is -2.13. The summed E-state index contributed by atoms with van der Waals surface area (Å²) >= 11 is 1.34. The van der Waals surface area contributed by atoms with Gasteiger partial charge in [0.25, 0.3) is 5.91 Å². The van der Waals surface area contributed by atoms with Gasteiger partial charge in [0.2, 0.25) is 0 Å². The molecule has 2 aromatic heterocycles. The van der Waals surface area contributed by atoms with Gasteiger partial charge in [0.05, 0.1) is 11.8 Å². The minimum atomic E-state index is -0.645. The number of rotatable bonds is 2. The van der Waals surface area contributed by atoms with Crippen molar-refractivity contribution in [2.75, 3.05) is 5.32 Å². The van der Waals surface area contributed by atoms with Crippen LogP contribution in [0.1, 0.15) is 15.2 Å². The van der Waals surface area contributed by atoms with Gasteiger partial charge < -0.3 is 0 Å². The summed E-state index contributed by atoms with van der Waals surface area (Å²) in [7, 11) is 0. The van der Waals surface area contributed by atoms with Crippen LogP contribution in [0.5, 0.6) is 0 Å². The lowest BCUT2D eigenvalue weighted by Gasteiger charge is -2.01. The number of aromatic nitrogens is 2. The highest BCUT2D eigenvalue weighted by atomic mass is 32.1. The van der Waals surface area contributed by atoms with Crippen molar-refractivity contribution in [3.05, 3.63) is 40.9 Å². The molecule has 0 radical (unpaired) electrons. The Morgan fingerprint density at radius 1 is 1.50 bits per heavy atom. The molecule has 0 aliphatic carbocycles. The van der Waals surface area contributed by atoms with Crippen LogP contribution in [0, 0.1) is 12.7 Å². The first-order valence-electron chi connectivity index (χ1n) is 4.50. The van der Waals surface area contributed by atoms with Crippen LogP contribution >= 0.6 is 11.3 Å². The third-order valence-electron chi connectivity index (χ3n) is 1.86. The van der Waals surface area contributed by atoms with E-state index in [2.05, 4.69) is 15.3 Å². The number of halogens is 1. The van der Waals surface area contributed by atoms with Crippen LogP contribution in [0.4, 0.5) is 9.52 Å². The minimum absolute atomic E-state index is 0.0390. The predicted molar refractivity (Wildman–Crippen MR) is 59.0 cm³/mol. The number of carbonyl (C=O) groups is 1. The monoisotopic (exact) mass is 237 g/mol. The van der Waals surface area contributed by atoms with E-state index in [0.717, 1.165) is 11.1 Å². The Kier molecular flexibility index (Phi) is 2.91. The Balaban J connectivity index is 2.18. The molecule has 4 nitrogen and oxygen atoms in total. The summed E-state index contributed by atoms with van der Waals surface area (Å²) in [5, 5.41) is 2.98. The number of amides is 1. The molecule has 16 heavy (non-hydrogen) atoms. The van der Waals surface area contributed by atoms with E-state index in [-0.39, 0.29) is 5.56 Å². The molecule has 0 aliphatic heterocycles. The number of pyridine rings is 1. The Morgan fingerprint density at radius 3 is 2.94 bits per heavy atom. The molecule has 0 saturated carbocycles. The molecule has 2 heterocycles. The van der Waals surface area contributed by atoms with Gasteiger partial charge in [-0.05, 0) is 13.0 Å². The van der Waals surface area contributed by atoms with Gasteiger partial charge in [-0.2, -0.15) is 0 Å². The molecule has 0 unspecified atom stereocenters. The zero-order valence-corrected chi connectivity index (χ0v) is 9.21. The van der Waals surface area contributed by atoms with Crippen LogP contribution in [-0.2, 0) is 0 Å². The molecule has 2 rings (SSSR count). The van der Waals surface area contributed by atoms with Crippen LogP contribution in [0.25, 0.3) is 0 Å². The molecule has 0 fully saturated rings. The summed E-state index contributed by atoms with van der Waals surface area (Å²) in [6, 6.07) is 1.32. The second kappa shape index (κ2) is 4.36. The number of hydrogen-bond acceptors (Lipinski definition) is 4. The molecule has 0 aromatic carbocycles. The van der Waals surface area contributed by atoms with Crippen molar-refractivity contribution in [2.45, 2.75) is 6.92 Å². The molecule has 82 valence electrons. The molecule has 0 atom stereocenters. The lowest BCUT2D eigenvalue weighted by molar-refractivity contribution is 0.102. The highest BCUT2D eigenvalue weighted by Crippen LogP contribution is 2.17. The van der Waals surface area contributed by atoms with Crippen molar-refractivity contribution in [1.82, 2.24) is 9.97 Å². The Bertz CT molecular complexity index is 526. The summed E-state index contributed by atoms with van der Waals surface area (Å²) in [5.41, 5.74) is -0.0390. The largest absolute Gasteiger partial charge is 0.298 e. The van der Waals surface area contributed by atoms with Gasteiger partial charge in [-0.25, -0.2) is 9.37 Å². The number of carbonyl (C=O) groups excluding carboxylic acids is 1. The molecule has 0 bridgehead atoms. The van der Waals surface area contributed by atoms with Crippen molar-refractivity contribution in [2.24, 2.45) is 0 Å². The lowest BCUT2D eigenvalue weighted by atomic mass is 10.2. The topological polar surface area (TPSA) is 54.9 Å². The smallest absolute Gasteiger partial charge is 0.260 e. The van der Waals surface area contributed by atoms with E-state index in [4.69, 9.17) is 0 Å². The first-order valence-corrected chi connectivity index (χ1v) is 5.32. The maximum Gasteiger partial charge on any atom is 0.260 e. The van der Waals surface area contributed by atoms with E-state index in [1.165, 1.54) is 23.6 Å². The quantitative estimate of drug-likeness (QED) is 0.871. The van der Waals surface area contributed by atoms with Crippen LogP contribution < -0.4 is 5.32 Å². The van der Waals surface area contributed by atoms with Crippen molar-refractivity contribution >= 4 is 22.4 Å². The maximum absolute atomic E-state index is 13.2. The fourth-order valence-electron chi connectivity index (χ4n) is 1.14. The Labute approximate surface area is 95.2 Å². The fourth-order valence-corrected chi connectivity index (χ4v) is 1.80. The second-order valence-corrected chi connectivity index (χ2v) is 4.32. The van der Waals surface area contributed by atoms with Crippen molar-refractivity contribution < 1.29 is 9.18 Å². The Morgan fingerprint density at radius 2 is 2.31 bits per heavy atom. The number of anilines is 1. The number of hydrogen-bond donors (Lipinski definition) is 1.